The van der Waals surface area contributed by atoms with Crippen molar-refractivity contribution >= 4 is 11.8 Å². The van der Waals surface area contributed by atoms with Gasteiger partial charge < -0.3 is 10.0 Å². The summed E-state index contributed by atoms with van der Waals surface area (Å²) in [5.74, 6) is 0.790. The zero-order valence-electron chi connectivity index (χ0n) is 13.6. The van der Waals surface area contributed by atoms with E-state index in [1.165, 1.54) is 19.3 Å². The van der Waals surface area contributed by atoms with E-state index in [-0.39, 0.29) is 17.7 Å². The van der Waals surface area contributed by atoms with Crippen LogP contribution >= 0.6 is 0 Å². The molecule has 0 bridgehead atoms. The number of nitrogens with one attached hydrogen (secondary N) is 1. The van der Waals surface area contributed by atoms with Gasteiger partial charge in [-0.3, -0.25) is 5.32 Å². The molecule has 1 spiro atoms. The van der Waals surface area contributed by atoms with Crippen LogP contribution in [0, 0.1) is 0 Å². The number of nitrogens with zero attached hydrogens (tertiary/aromatic N) is 3. The van der Waals surface area contributed by atoms with Crippen molar-refractivity contribution < 1.29 is 9.90 Å². The molecule has 0 radical (unpaired) electrons. The molecule has 2 N–H and O–H groups in total. The van der Waals surface area contributed by atoms with Gasteiger partial charge in [-0.15, -0.1) is 0 Å². The molecule has 4 rings (SSSR count). The first-order valence-corrected chi connectivity index (χ1v) is 9.01. The Hall–Kier alpha value is -1.56. The van der Waals surface area contributed by atoms with Gasteiger partial charge in [0.25, 0.3) is 0 Å². The van der Waals surface area contributed by atoms with Crippen molar-refractivity contribution in [3.63, 3.8) is 0 Å². The summed E-state index contributed by atoms with van der Waals surface area (Å²) in [6.45, 7) is 0.643. The van der Waals surface area contributed by atoms with Crippen LogP contribution in [0.3, 0.4) is 0 Å². The number of hydrogen-bond donors (Lipinski definition) is 2. The Balaban J connectivity index is 1.48. The fourth-order valence-corrected chi connectivity index (χ4v) is 4.58. The summed E-state index contributed by atoms with van der Waals surface area (Å²) in [7, 11) is 0. The zero-order valence-corrected chi connectivity index (χ0v) is 13.6. The van der Waals surface area contributed by atoms with E-state index in [4.69, 9.17) is 0 Å². The number of urea groups is 1. The summed E-state index contributed by atoms with van der Waals surface area (Å²) in [4.78, 5) is 14.6. The Morgan fingerprint density at radius 2 is 2.00 bits per heavy atom. The molecular weight excluding hydrogens is 292 g/mol. The molecular formula is C17H26N4O2. The van der Waals surface area contributed by atoms with Crippen LogP contribution in [0.1, 0.15) is 63.8 Å². The molecule has 2 aliphatic carbocycles. The van der Waals surface area contributed by atoms with Gasteiger partial charge in [-0.1, -0.05) is 19.3 Å². The summed E-state index contributed by atoms with van der Waals surface area (Å²) in [5, 5.41) is 17.8. The third kappa shape index (κ3) is 2.43. The molecule has 2 heterocycles. The molecule has 1 atom stereocenters. The van der Waals surface area contributed by atoms with Crippen molar-refractivity contribution in [3.05, 3.63) is 12.3 Å². The quantitative estimate of drug-likeness (QED) is 0.881. The van der Waals surface area contributed by atoms with Crippen molar-refractivity contribution in [2.75, 3.05) is 11.9 Å². The Morgan fingerprint density at radius 3 is 2.70 bits per heavy atom. The van der Waals surface area contributed by atoms with Gasteiger partial charge in [-0.2, -0.15) is 5.10 Å². The molecule has 23 heavy (non-hydrogen) atoms. The van der Waals surface area contributed by atoms with Crippen LogP contribution in [-0.2, 0) is 0 Å². The van der Waals surface area contributed by atoms with Crippen molar-refractivity contribution in [1.29, 1.82) is 0 Å². The molecule has 1 aliphatic heterocycles. The van der Waals surface area contributed by atoms with Crippen LogP contribution in [0.5, 0.6) is 0 Å². The second-order valence-corrected chi connectivity index (χ2v) is 7.30. The van der Waals surface area contributed by atoms with Crippen molar-refractivity contribution in [2.24, 2.45) is 0 Å². The SMILES string of the molecule is O=C(Nc1ccnn1C1CCCCC1)N1CCC(O)C12CCC2. The highest BCUT2D eigenvalue weighted by atomic mass is 16.3. The molecule has 2 amide bonds. The molecule has 6 heteroatoms. The number of carbonyl (C=O) groups is 1. The summed E-state index contributed by atoms with van der Waals surface area (Å²) in [6.07, 6.45) is 11.1. The topological polar surface area (TPSA) is 70.4 Å². The second kappa shape index (κ2) is 5.82. The Labute approximate surface area is 136 Å². The first-order chi connectivity index (χ1) is 11.2. The Bertz CT molecular complexity index is 575. The molecule has 3 aliphatic rings. The first-order valence-electron chi connectivity index (χ1n) is 9.01. The molecule has 6 nitrogen and oxygen atoms in total. The number of rotatable bonds is 2. The fourth-order valence-electron chi connectivity index (χ4n) is 4.58. The first kappa shape index (κ1) is 15.0. The van der Waals surface area contributed by atoms with E-state index in [0.717, 1.165) is 37.9 Å². The van der Waals surface area contributed by atoms with Gasteiger partial charge in [0.1, 0.15) is 5.82 Å². The molecule has 1 unspecified atom stereocenters. The van der Waals surface area contributed by atoms with E-state index >= 15 is 0 Å². The van der Waals surface area contributed by atoms with E-state index in [1.807, 2.05) is 15.6 Å². The smallest absolute Gasteiger partial charge is 0.323 e. The van der Waals surface area contributed by atoms with Crippen LogP contribution in [0.25, 0.3) is 0 Å². The lowest BCUT2D eigenvalue weighted by molar-refractivity contribution is -0.00808. The normalized spacial score (nSPS) is 27.2. The van der Waals surface area contributed by atoms with Gasteiger partial charge in [0.05, 0.1) is 23.9 Å². The van der Waals surface area contributed by atoms with E-state index < -0.39 is 0 Å². The van der Waals surface area contributed by atoms with Crippen molar-refractivity contribution in [3.8, 4) is 0 Å². The van der Waals surface area contributed by atoms with Crippen LogP contribution in [0.4, 0.5) is 10.6 Å². The molecule has 126 valence electrons. The number of carbonyl (C=O) groups excluding carboxylic acids is 1. The molecule has 1 aromatic rings. The van der Waals surface area contributed by atoms with Crippen LogP contribution in [0.2, 0.25) is 0 Å². The van der Waals surface area contributed by atoms with Crippen LogP contribution in [-0.4, -0.2) is 44.0 Å². The van der Waals surface area contributed by atoms with Crippen LogP contribution < -0.4 is 5.32 Å². The molecule has 1 aromatic heterocycles. The number of aromatic nitrogens is 2. The largest absolute Gasteiger partial charge is 0.391 e. The summed E-state index contributed by atoms with van der Waals surface area (Å²) in [5.41, 5.74) is -0.306. The molecule has 2 saturated carbocycles. The van der Waals surface area contributed by atoms with E-state index in [9.17, 15) is 9.90 Å². The summed E-state index contributed by atoms with van der Waals surface area (Å²) < 4.78 is 1.98. The number of aliphatic hydroxyl groups is 1. The van der Waals surface area contributed by atoms with E-state index in [1.54, 1.807) is 6.20 Å². The highest BCUT2D eigenvalue weighted by Gasteiger charge is 2.54. The highest BCUT2D eigenvalue weighted by Crippen LogP contribution is 2.45. The second-order valence-electron chi connectivity index (χ2n) is 7.30. The third-order valence-electron chi connectivity index (χ3n) is 6.07. The number of hydrogen-bond acceptors (Lipinski definition) is 3. The minimum atomic E-state index is -0.370. The van der Waals surface area contributed by atoms with Gasteiger partial charge in [0.15, 0.2) is 0 Å². The number of anilines is 1. The third-order valence-corrected chi connectivity index (χ3v) is 6.07. The van der Waals surface area contributed by atoms with Gasteiger partial charge in [-0.05, 0) is 38.5 Å². The predicted molar refractivity (Wildman–Crippen MR) is 87.3 cm³/mol. The van der Waals surface area contributed by atoms with Crippen LogP contribution in [0.15, 0.2) is 12.3 Å². The molecule has 3 fully saturated rings. The minimum absolute atomic E-state index is 0.0844. The maximum absolute atomic E-state index is 12.8. The fraction of sp³-hybridized carbons (Fsp3) is 0.765. The van der Waals surface area contributed by atoms with Crippen molar-refractivity contribution in [2.45, 2.75) is 75.5 Å². The maximum atomic E-state index is 12.8. The number of likely N-dealkylation sites (tertiary alicyclic amines) is 1. The van der Waals surface area contributed by atoms with E-state index in [0.29, 0.717) is 19.0 Å². The van der Waals surface area contributed by atoms with Gasteiger partial charge in [0.2, 0.25) is 0 Å². The number of amides is 2. The van der Waals surface area contributed by atoms with Gasteiger partial charge >= 0.3 is 6.03 Å². The average Bonchev–Trinajstić information content (AvgIpc) is 3.11. The summed E-state index contributed by atoms with van der Waals surface area (Å²) >= 11 is 0. The zero-order chi connectivity index (χ0) is 15.9. The van der Waals surface area contributed by atoms with Crippen molar-refractivity contribution in [1.82, 2.24) is 14.7 Å². The molecule has 1 saturated heterocycles. The highest BCUT2D eigenvalue weighted by molar-refractivity contribution is 5.89. The Kier molecular flexibility index (Phi) is 3.79. The number of aliphatic hydroxyl groups excluding tert-OH is 1. The lowest BCUT2D eigenvalue weighted by atomic mass is 9.73. The average molecular weight is 318 g/mol. The van der Waals surface area contributed by atoms with Gasteiger partial charge in [-0.25, -0.2) is 9.48 Å². The molecule has 0 aromatic carbocycles. The predicted octanol–water partition coefficient (Wildman–Crippen LogP) is 2.91. The van der Waals surface area contributed by atoms with Gasteiger partial charge in [0, 0.05) is 12.6 Å². The Morgan fingerprint density at radius 1 is 1.22 bits per heavy atom. The standard InChI is InChI=1S/C17H26N4O2/c22-14-8-12-20(17(14)9-4-10-17)16(23)19-15-7-11-18-21(15)13-5-2-1-3-6-13/h7,11,13-14,22H,1-6,8-10,12H2,(H,19,23). The monoisotopic (exact) mass is 318 g/mol. The lowest BCUT2D eigenvalue weighted by Crippen LogP contribution is -2.58. The van der Waals surface area contributed by atoms with E-state index in [2.05, 4.69) is 10.4 Å². The maximum Gasteiger partial charge on any atom is 0.323 e. The minimum Gasteiger partial charge on any atom is -0.391 e. The summed E-state index contributed by atoms with van der Waals surface area (Å²) in [6, 6.07) is 2.20. The lowest BCUT2D eigenvalue weighted by Gasteiger charge is -2.47.